The summed E-state index contributed by atoms with van der Waals surface area (Å²) in [5.74, 6) is -1.71. The van der Waals surface area contributed by atoms with Gasteiger partial charge in [-0.3, -0.25) is 9.59 Å². The van der Waals surface area contributed by atoms with E-state index in [1.54, 1.807) is 38.1 Å². The first-order valence-electron chi connectivity index (χ1n) is 7.79. The summed E-state index contributed by atoms with van der Waals surface area (Å²) in [6.07, 6.45) is 2.00. The molecule has 23 heavy (non-hydrogen) atoms. The lowest BCUT2D eigenvalue weighted by Crippen LogP contribution is -2.40. The molecule has 1 aromatic rings. The van der Waals surface area contributed by atoms with Crippen LogP contribution in [0, 0.1) is 5.92 Å². The van der Waals surface area contributed by atoms with Crippen molar-refractivity contribution in [2.24, 2.45) is 5.92 Å². The average molecular weight is 320 g/mol. The number of anilines is 1. The molecule has 1 unspecified atom stereocenters. The Morgan fingerprint density at radius 2 is 1.74 bits per heavy atom. The highest BCUT2D eigenvalue weighted by molar-refractivity contribution is 5.97. The maximum atomic E-state index is 12.1. The van der Waals surface area contributed by atoms with Gasteiger partial charge in [0, 0.05) is 17.2 Å². The monoisotopic (exact) mass is 320 g/mol. The van der Waals surface area contributed by atoms with Gasteiger partial charge < -0.3 is 15.7 Å². The van der Waals surface area contributed by atoms with Crippen molar-refractivity contribution in [3.8, 4) is 0 Å². The highest BCUT2D eigenvalue weighted by Gasteiger charge is 2.20. The molecule has 0 spiro atoms. The molecule has 2 amide bonds. The molecule has 126 valence electrons. The fourth-order valence-electron chi connectivity index (χ4n) is 1.90. The lowest BCUT2D eigenvalue weighted by Gasteiger charge is -2.14. The van der Waals surface area contributed by atoms with Gasteiger partial charge in [0.2, 0.25) is 5.91 Å². The molecule has 0 bridgehead atoms. The SMILES string of the molecule is CCCCC(NC(=O)c1ccc(NC(=O)C(C)C)cc1)C(=O)O. The highest BCUT2D eigenvalue weighted by Crippen LogP contribution is 2.12. The number of hydrogen-bond donors (Lipinski definition) is 3. The summed E-state index contributed by atoms with van der Waals surface area (Å²) in [6, 6.07) is 5.48. The van der Waals surface area contributed by atoms with Crippen molar-refractivity contribution >= 4 is 23.5 Å². The summed E-state index contributed by atoms with van der Waals surface area (Å²) in [6.45, 7) is 5.55. The van der Waals surface area contributed by atoms with Crippen LogP contribution in [0.3, 0.4) is 0 Å². The second-order valence-electron chi connectivity index (χ2n) is 5.73. The van der Waals surface area contributed by atoms with Gasteiger partial charge in [-0.15, -0.1) is 0 Å². The second-order valence-corrected chi connectivity index (χ2v) is 5.73. The van der Waals surface area contributed by atoms with Crippen molar-refractivity contribution in [3.05, 3.63) is 29.8 Å². The molecule has 0 fully saturated rings. The summed E-state index contributed by atoms with van der Waals surface area (Å²) >= 11 is 0. The van der Waals surface area contributed by atoms with Gasteiger partial charge in [0.1, 0.15) is 6.04 Å². The maximum Gasteiger partial charge on any atom is 0.326 e. The number of aliphatic carboxylic acids is 1. The Bertz CT molecular complexity index is 552. The van der Waals surface area contributed by atoms with Gasteiger partial charge in [0.05, 0.1) is 0 Å². The zero-order valence-corrected chi connectivity index (χ0v) is 13.8. The smallest absolute Gasteiger partial charge is 0.326 e. The zero-order chi connectivity index (χ0) is 17.4. The van der Waals surface area contributed by atoms with Crippen LogP contribution in [0.4, 0.5) is 5.69 Å². The number of carbonyl (C=O) groups excluding carboxylic acids is 2. The first-order chi connectivity index (χ1) is 10.8. The first kappa shape index (κ1) is 18.7. The molecule has 0 aromatic heterocycles. The van der Waals surface area contributed by atoms with Crippen LogP contribution in [0.5, 0.6) is 0 Å². The predicted molar refractivity (Wildman–Crippen MR) is 88.3 cm³/mol. The summed E-state index contributed by atoms with van der Waals surface area (Å²) < 4.78 is 0. The van der Waals surface area contributed by atoms with Crippen molar-refractivity contribution in [2.75, 3.05) is 5.32 Å². The van der Waals surface area contributed by atoms with Crippen molar-refractivity contribution in [2.45, 2.75) is 46.1 Å². The number of carboxylic acid groups (broad SMARTS) is 1. The van der Waals surface area contributed by atoms with Crippen LogP contribution in [0.1, 0.15) is 50.4 Å². The topological polar surface area (TPSA) is 95.5 Å². The standard InChI is InChI=1S/C17H24N2O4/c1-4-5-6-14(17(22)23)19-16(21)12-7-9-13(10-8-12)18-15(20)11(2)3/h7-11,14H,4-6H2,1-3H3,(H,18,20)(H,19,21)(H,22,23). The van der Waals surface area contributed by atoms with E-state index in [0.29, 0.717) is 17.7 Å². The van der Waals surface area contributed by atoms with Crippen molar-refractivity contribution in [1.29, 1.82) is 0 Å². The second kappa shape index (κ2) is 8.92. The number of unbranched alkanes of at least 4 members (excludes halogenated alkanes) is 1. The van der Waals surface area contributed by atoms with E-state index in [4.69, 9.17) is 5.11 Å². The first-order valence-corrected chi connectivity index (χ1v) is 7.79. The lowest BCUT2D eigenvalue weighted by molar-refractivity contribution is -0.139. The zero-order valence-electron chi connectivity index (χ0n) is 13.8. The summed E-state index contributed by atoms with van der Waals surface area (Å²) in [7, 11) is 0. The van der Waals surface area contributed by atoms with E-state index in [1.165, 1.54) is 0 Å². The largest absolute Gasteiger partial charge is 0.480 e. The van der Waals surface area contributed by atoms with Crippen LogP contribution in [0.15, 0.2) is 24.3 Å². The van der Waals surface area contributed by atoms with E-state index in [2.05, 4.69) is 10.6 Å². The van der Waals surface area contributed by atoms with Crippen molar-refractivity contribution in [3.63, 3.8) is 0 Å². The number of rotatable bonds is 8. The summed E-state index contributed by atoms with van der Waals surface area (Å²) in [5.41, 5.74) is 0.955. The van der Waals surface area contributed by atoms with Gasteiger partial charge >= 0.3 is 5.97 Å². The number of nitrogens with one attached hydrogen (secondary N) is 2. The van der Waals surface area contributed by atoms with Crippen LogP contribution in [-0.2, 0) is 9.59 Å². The van der Waals surface area contributed by atoms with Crippen LogP contribution in [-0.4, -0.2) is 28.9 Å². The van der Waals surface area contributed by atoms with Crippen molar-refractivity contribution in [1.82, 2.24) is 5.32 Å². The van der Waals surface area contributed by atoms with Gasteiger partial charge in [0.15, 0.2) is 0 Å². The molecule has 0 aliphatic rings. The molecule has 3 N–H and O–H groups in total. The Kier molecular flexibility index (Phi) is 7.25. The third-order valence-electron chi connectivity index (χ3n) is 3.39. The van der Waals surface area contributed by atoms with Gasteiger partial charge in [-0.1, -0.05) is 33.6 Å². The fourth-order valence-corrected chi connectivity index (χ4v) is 1.90. The number of carboxylic acids is 1. The van der Waals surface area contributed by atoms with Crippen LogP contribution < -0.4 is 10.6 Å². The summed E-state index contributed by atoms with van der Waals surface area (Å²) in [5, 5.41) is 14.4. The Morgan fingerprint density at radius 3 is 2.22 bits per heavy atom. The average Bonchev–Trinajstić information content (AvgIpc) is 2.51. The number of amides is 2. The molecule has 1 atom stereocenters. The molecular formula is C17H24N2O4. The summed E-state index contributed by atoms with van der Waals surface area (Å²) in [4.78, 5) is 34.8. The van der Waals surface area contributed by atoms with E-state index >= 15 is 0 Å². The van der Waals surface area contributed by atoms with Crippen LogP contribution in [0.2, 0.25) is 0 Å². The molecule has 6 nitrogen and oxygen atoms in total. The minimum absolute atomic E-state index is 0.104. The molecule has 0 aliphatic carbocycles. The minimum Gasteiger partial charge on any atom is -0.480 e. The highest BCUT2D eigenvalue weighted by atomic mass is 16.4. The quantitative estimate of drug-likeness (QED) is 0.686. The Hall–Kier alpha value is -2.37. The molecule has 6 heteroatoms. The van der Waals surface area contributed by atoms with Gasteiger partial charge in [-0.05, 0) is 30.7 Å². The number of benzene rings is 1. The number of hydrogen-bond acceptors (Lipinski definition) is 3. The fraction of sp³-hybridized carbons (Fsp3) is 0.471. The lowest BCUT2D eigenvalue weighted by atomic mass is 10.1. The van der Waals surface area contributed by atoms with Crippen LogP contribution in [0.25, 0.3) is 0 Å². The third kappa shape index (κ3) is 6.10. The van der Waals surface area contributed by atoms with Crippen molar-refractivity contribution < 1.29 is 19.5 Å². The molecule has 0 heterocycles. The van der Waals surface area contributed by atoms with E-state index in [-0.39, 0.29) is 11.8 Å². The Morgan fingerprint density at radius 1 is 1.13 bits per heavy atom. The molecule has 0 saturated heterocycles. The molecule has 0 aliphatic heterocycles. The van der Waals surface area contributed by atoms with Crippen LogP contribution >= 0.6 is 0 Å². The molecule has 0 radical (unpaired) electrons. The van der Waals surface area contributed by atoms with Gasteiger partial charge in [-0.25, -0.2) is 4.79 Å². The third-order valence-corrected chi connectivity index (χ3v) is 3.39. The molecule has 0 saturated carbocycles. The van der Waals surface area contributed by atoms with Gasteiger partial charge in [0.25, 0.3) is 5.91 Å². The maximum absolute atomic E-state index is 12.1. The molecule has 1 rings (SSSR count). The van der Waals surface area contributed by atoms with E-state index < -0.39 is 17.9 Å². The minimum atomic E-state index is -1.03. The molecule has 1 aromatic carbocycles. The van der Waals surface area contributed by atoms with E-state index in [1.807, 2.05) is 6.92 Å². The van der Waals surface area contributed by atoms with Gasteiger partial charge in [-0.2, -0.15) is 0 Å². The number of carbonyl (C=O) groups is 3. The predicted octanol–water partition coefficient (Wildman–Crippen LogP) is 2.65. The Balaban J connectivity index is 2.69. The normalized spacial score (nSPS) is 11.8. The van der Waals surface area contributed by atoms with E-state index in [0.717, 1.165) is 12.8 Å². The molecular weight excluding hydrogens is 296 g/mol. The van der Waals surface area contributed by atoms with E-state index in [9.17, 15) is 14.4 Å². The Labute approximate surface area is 136 Å².